The largest absolute Gasteiger partial charge is 0.0845 e. The summed E-state index contributed by atoms with van der Waals surface area (Å²) < 4.78 is 0. The Balaban J connectivity index is 2.38. The quantitative estimate of drug-likeness (QED) is 0.520. The normalized spacial score (nSPS) is 28.9. The zero-order chi connectivity index (χ0) is 9.19. The minimum atomic E-state index is 0.939. The van der Waals surface area contributed by atoms with E-state index in [4.69, 9.17) is 0 Å². The Hall–Kier alpha value is -1.04. The van der Waals surface area contributed by atoms with Gasteiger partial charge in [0.05, 0.1) is 0 Å². The summed E-state index contributed by atoms with van der Waals surface area (Å²) in [4.78, 5) is 0. The van der Waals surface area contributed by atoms with E-state index in [0.29, 0.717) is 0 Å². The summed E-state index contributed by atoms with van der Waals surface area (Å²) in [7, 11) is 0. The van der Waals surface area contributed by atoms with Crippen molar-refractivity contribution < 1.29 is 0 Å². The molecule has 0 fully saturated rings. The van der Waals surface area contributed by atoms with Gasteiger partial charge in [0.25, 0.3) is 0 Å². The van der Waals surface area contributed by atoms with Crippen LogP contribution in [0, 0.1) is 6.08 Å². The van der Waals surface area contributed by atoms with Gasteiger partial charge in [-0.3, -0.25) is 0 Å². The Bertz CT molecular complexity index is 216. The maximum absolute atomic E-state index is 3.26. The molecule has 0 unspecified atom stereocenters. The first-order valence-electron chi connectivity index (χ1n) is 5.03. The highest BCUT2D eigenvalue weighted by molar-refractivity contribution is 5.11. The molecule has 0 atom stereocenters. The monoisotopic (exact) mass is 173 g/mol. The van der Waals surface area contributed by atoms with Crippen LogP contribution in [0.3, 0.4) is 0 Å². The highest BCUT2D eigenvalue weighted by atomic mass is 13.9. The minimum Gasteiger partial charge on any atom is -0.0845 e. The fourth-order valence-electron chi connectivity index (χ4n) is 1.21. The molecule has 69 valence electrons. The van der Waals surface area contributed by atoms with E-state index in [1.807, 2.05) is 0 Å². The van der Waals surface area contributed by atoms with E-state index >= 15 is 0 Å². The van der Waals surface area contributed by atoms with Gasteiger partial charge in [-0.15, -0.1) is 0 Å². The standard InChI is InChI=1S/C13H17/c1-2-4-6-8-10-12-13-11-9-7-5-3-1/h1-6,12H,7-9,11,13H2/b2-1+,5-3-,6-4+,12-10?. The van der Waals surface area contributed by atoms with Crippen molar-refractivity contribution in [3.63, 3.8) is 0 Å². The van der Waals surface area contributed by atoms with Crippen LogP contribution in [0.15, 0.2) is 42.5 Å². The molecule has 0 nitrogen and oxygen atoms in total. The molecule has 0 N–H and O–H groups in total. The molecule has 0 amide bonds. The second kappa shape index (κ2) is 7.60. The lowest BCUT2D eigenvalue weighted by Gasteiger charge is -1.91. The van der Waals surface area contributed by atoms with Gasteiger partial charge in [0.2, 0.25) is 0 Å². The van der Waals surface area contributed by atoms with Crippen molar-refractivity contribution in [2.75, 3.05) is 0 Å². The first-order chi connectivity index (χ1) is 6.50. The summed E-state index contributed by atoms with van der Waals surface area (Å²) in [5.41, 5.74) is 0. The van der Waals surface area contributed by atoms with Crippen molar-refractivity contribution in [2.45, 2.75) is 32.1 Å². The van der Waals surface area contributed by atoms with Crippen LogP contribution in [0.5, 0.6) is 0 Å². The molecule has 1 aliphatic rings. The zero-order valence-corrected chi connectivity index (χ0v) is 8.08. The maximum atomic E-state index is 3.26. The van der Waals surface area contributed by atoms with E-state index in [2.05, 4.69) is 48.6 Å². The van der Waals surface area contributed by atoms with Crippen LogP contribution in [0.4, 0.5) is 0 Å². The first-order valence-corrected chi connectivity index (χ1v) is 5.03. The van der Waals surface area contributed by atoms with Crippen LogP contribution in [-0.2, 0) is 0 Å². The van der Waals surface area contributed by atoms with Crippen LogP contribution < -0.4 is 0 Å². The van der Waals surface area contributed by atoms with Crippen molar-refractivity contribution in [3.05, 3.63) is 48.6 Å². The molecule has 0 heteroatoms. The second-order valence-electron chi connectivity index (χ2n) is 3.14. The van der Waals surface area contributed by atoms with Crippen molar-refractivity contribution >= 4 is 0 Å². The minimum absolute atomic E-state index is 0.939. The van der Waals surface area contributed by atoms with Gasteiger partial charge >= 0.3 is 0 Å². The van der Waals surface area contributed by atoms with Crippen LogP contribution >= 0.6 is 0 Å². The average Bonchev–Trinajstić information content (AvgIpc) is 2.18. The molecule has 13 heavy (non-hydrogen) atoms. The Kier molecular flexibility index (Phi) is 5.87. The smallest absolute Gasteiger partial charge is 0.00948 e. The summed E-state index contributed by atoms with van der Waals surface area (Å²) in [6, 6.07) is 0. The van der Waals surface area contributed by atoms with Gasteiger partial charge in [-0.05, 0) is 38.2 Å². The van der Waals surface area contributed by atoms with E-state index in [9.17, 15) is 0 Å². The molecule has 1 radical (unpaired) electrons. The van der Waals surface area contributed by atoms with Crippen molar-refractivity contribution in [1.82, 2.24) is 0 Å². The van der Waals surface area contributed by atoms with Crippen molar-refractivity contribution in [3.8, 4) is 0 Å². The molecule has 0 heterocycles. The predicted octanol–water partition coefficient (Wildman–Crippen LogP) is 3.98. The van der Waals surface area contributed by atoms with Gasteiger partial charge in [0.15, 0.2) is 0 Å². The van der Waals surface area contributed by atoms with E-state index in [1.165, 1.54) is 25.7 Å². The molecule has 0 aromatic carbocycles. The summed E-state index contributed by atoms with van der Waals surface area (Å²) in [6.07, 6.45) is 24.0. The van der Waals surface area contributed by atoms with Crippen LogP contribution in [0.1, 0.15) is 32.1 Å². The zero-order valence-electron chi connectivity index (χ0n) is 8.08. The Morgan fingerprint density at radius 1 is 0.769 bits per heavy atom. The van der Waals surface area contributed by atoms with Gasteiger partial charge in [-0.1, -0.05) is 42.5 Å². The molecular weight excluding hydrogens is 156 g/mol. The Labute approximate surface area is 81.4 Å². The molecule has 0 aromatic rings. The van der Waals surface area contributed by atoms with Crippen LogP contribution in [0.2, 0.25) is 0 Å². The molecule has 0 saturated heterocycles. The maximum Gasteiger partial charge on any atom is -0.00948 e. The van der Waals surface area contributed by atoms with Crippen molar-refractivity contribution in [2.24, 2.45) is 0 Å². The average molecular weight is 173 g/mol. The predicted molar refractivity (Wildman–Crippen MR) is 58.3 cm³/mol. The van der Waals surface area contributed by atoms with E-state index in [-0.39, 0.29) is 0 Å². The van der Waals surface area contributed by atoms with Crippen LogP contribution in [-0.4, -0.2) is 0 Å². The molecule has 1 rings (SSSR count). The third-order valence-electron chi connectivity index (χ3n) is 1.95. The molecule has 0 aromatic heterocycles. The lowest BCUT2D eigenvalue weighted by Crippen LogP contribution is -1.72. The van der Waals surface area contributed by atoms with E-state index in [0.717, 1.165) is 6.42 Å². The van der Waals surface area contributed by atoms with E-state index < -0.39 is 0 Å². The summed E-state index contributed by atoms with van der Waals surface area (Å²) in [6.45, 7) is 0. The SMILES string of the molecule is [C]1=C/CCCC\C=C/C=C/C=C/C/1. The van der Waals surface area contributed by atoms with Gasteiger partial charge < -0.3 is 0 Å². The fourth-order valence-corrected chi connectivity index (χ4v) is 1.21. The molecule has 0 spiro atoms. The molecular formula is C13H17. The highest BCUT2D eigenvalue weighted by Crippen LogP contribution is 2.02. The third kappa shape index (κ3) is 6.15. The lowest BCUT2D eigenvalue weighted by atomic mass is 10.2. The van der Waals surface area contributed by atoms with Crippen LogP contribution in [0.25, 0.3) is 0 Å². The van der Waals surface area contributed by atoms with Crippen molar-refractivity contribution in [1.29, 1.82) is 0 Å². The number of rotatable bonds is 0. The first kappa shape index (κ1) is 10.0. The third-order valence-corrected chi connectivity index (χ3v) is 1.95. The number of allylic oxidation sites excluding steroid dienone is 8. The fraction of sp³-hybridized carbons (Fsp3) is 0.385. The van der Waals surface area contributed by atoms with Gasteiger partial charge in [-0.2, -0.15) is 0 Å². The lowest BCUT2D eigenvalue weighted by molar-refractivity contribution is 0.760. The topological polar surface area (TPSA) is 0 Å². The summed E-state index contributed by atoms with van der Waals surface area (Å²) in [5, 5.41) is 0. The van der Waals surface area contributed by atoms with Gasteiger partial charge in [0.1, 0.15) is 0 Å². The molecule has 0 saturated carbocycles. The van der Waals surface area contributed by atoms with Gasteiger partial charge in [-0.25, -0.2) is 0 Å². The van der Waals surface area contributed by atoms with Gasteiger partial charge in [0, 0.05) is 0 Å². The number of hydrogen-bond acceptors (Lipinski definition) is 0. The molecule has 0 bridgehead atoms. The highest BCUT2D eigenvalue weighted by Gasteiger charge is 1.83. The summed E-state index contributed by atoms with van der Waals surface area (Å²) >= 11 is 0. The summed E-state index contributed by atoms with van der Waals surface area (Å²) in [5.74, 6) is 0. The molecule has 0 aliphatic heterocycles. The second-order valence-corrected chi connectivity index (χ2v) is 3.14. The van der Waals surface area contributed by atoms with E-state index in [1.54, 1.807) is 0 Å². The Morgan fingerprint density at radius 3 is 2.46 bits per heavy atom. The molecule has 1 aliphatic carbocycles. The number of hydrogen-bond donors (Lipinski definition) is 0. The Morgan fingerprint density at radius 2 is 1.54 bits per heavy atom.